The maximum absolute atomic E-state index is 10.1. The molecule has 0 aromatic rings. The van der Waals surface area contributed by atoms with Crippen LogP contribution in [0.15, 0.2) is 0 Å². The molecule has 0 saturated heterocycles. The number of rotatable bonds is 1. The predicted octanol–water partition coefficient (Wildman–Crippen LogP) is 1.38. The zero-order valence-corrected chi connectivity index (χ0v) is 4.61. The van der Waals surface area contributed by atoms with Crippen LogP contribution >= 0.6 is 0 Å². The summed E-state index contributed by atoms with van der Waals surface area (Å²) in [4.78, 5) is 10.1. The maximum Gasteiger partial charge on any atom is 0.125 e. The number of aldehydes is 1. The van der Waals surface area contributed by atoms with Gasteiger partial charge in [0, 0.05) is 5.41 Å². The van der Waals surface area contributed by atoms with Crippen molar-refractivity contribution in [1.82, 2.24) is 0 Å². The molecule has 0 bridgehead atoms. The summed E-state index contributed by atoms with van der Waals surface area (Å²) in [6, 6.07) is 0. The van der Waals surface area contributed by atoms with Crippen LogP contribution in [0.2, 0.25) is 0 Å². The highest BCUT2D eigenvalue weighted by Crippen LogP contribution is 2.37. The quantitative estimate of drug-likeness (QED) is 0.453. The molecule has 0 amide bonds. The Hall–Kier alpha value is -0.330. The second kappa shape index (κ2) is 1.32. The van der Waals surface area contributed by atoms with Crippen LogP contribution in [0.4, 0.5) is 0 Å². The highest BCUT2D eigenvalue weighted by atomic mass is 16.1. The van der Waals surface area contributed by atoms with Crippen molar-refractivity contribution in [3.63, 3.8) is 0 Å². The molecule has 0 aromatic heterocycles. The Morgan fingerprint density at radius 2 is 2.14 bits per heavy atom. The molecule has 40 valence electrons. The van der Waals surface area contributed by atoms with Crippen LogP contribution < -0.4 is 0 Å². The van der Waals surface area contributed by atoms with Gasteiger partial charge in [-0.25, -0.2) is 0 Å². The molecule has 0 heterocycles. The molecule has 7 heavy (non-hydrogen) atoms. The molecule has 1 fully saturated rings. The third-order valence-corrected chi connectivity index (χ3v) is 1.78. The second-order valence-electron chi connectivity index (χ2n) is 2.63. The lowest BCUT2D eigenvalue weighted by Crippen LogP contribution is -2.26. The molecule has 0 radical (unpaired) electrons. The molecule has 1 nitrogen and oxygen atoms in total. The van der Waals surface area contributed by atoms with Gasteiger partial charge in [0.1, 0.15) is 6.29 Å². The lowest BCUT2D eigenvalue weighted by Gasteiger charge is -2.31. The fourth-order valence-electron chi connectivity index (χ4n) is 0.852. The van der Waals surface area contributed by atoms with E-state index in [0.717, 1.165) is 19.1 Å². The Balaban J connectivity index is 2.43. The van der Waals surface area contributed by atoms with Crippen LogP contribution in [0.5, 0.6) is 0 Å². The Labute approximate surface area is 43.7 Å². The van der Waals surface area contributed by atoms with E-state index in [-0.39, 0.29) is 5.41 Å². The fraction of sp³-hybridized carbons (Fsp3) is 0.833. The van der Waals surface area contributed by atoms with E-state index in [1.54, 1.807) is 0 Å². The molecule has 1 heteroatoms. The lowest BCUT2D eigenvalue weighted by molar-refractivity contribution is -0.119. The molecule has 0 unspecified atom stereocenters. The average molecular weight is 98.1 g/mol. The summed E-state index contributed by atoms with van der Waals surface area (Å²) in [5, 5.41) is 0. The summed E-state index contributed by atoms with van der Waals surface area (Å²) in [6.07, 6.45) is 4.54. The van der Waals surface area contributed by atoms with Gasteiger partial charge in [-0.2, -0.15) is 0 Å². The minimum Gasteiger partial charge on any atom is -0.303 e. The average Bonchev–Trinajstić information content (AvgIpc) is 1.61. The monoisotopic (exact) mass is 98.1 g/mol. The number of carbonyl (C=O) groups excluding carboxylic acids is 1. The van der Waals surface area contributed by atoms with E-state index in [9.17, 15) is 4.79 Å². The maximum atomic E-state index is 10.1. The van der Waals surface area contributed by atoms with E-state index < -0.39 is 0 Å². The molecule has 0 aliphatic heterocycles. The summed E-state index contributed by atoms with van der Waals surface area (Å²) >= 11 is 0. The lowest BCUT2D eigenvalue weighted by atomic mass is 9.72. The van der Waals surface area contributed by atoms with E-state index in [0.29, 0.717) is 0 Å². The molecule has 0 atom stereocenters. The van der Waals surface area contributed by atoms with Crippen LogP contribution in [-0.4, -0.2) is 6.29 Å². The summed E-state index contributed by atoms with van der Waals surface area (Å²) in [7, 11) is 0. The molecule has 1 aliphatic rings. The van der Waals surface area contributed by atoms with Crippen LogP contribution in [-0.2, 0) is 4.79 Å². The SMILES string of the molecule is CC1(C=O)CCC1. The first-order valence-corrected chi connectivity index (χ1v) is 2.73. The van der Waals surface area contributed by atoms with Crippen molar-refractivity contribution in [3.05, 3.63) is 0 Å². The van der Waals surface area contributed by atoms with Gasteiger partial charge < -0.3 is 4.79 Å². The van der Waals surface area contributed by atoms with Crippen LogP contribution in [0, 0.1) is 5.41 Å². The molecule has 1 saturated carbocycles. The Morgan fingerprint density at radius 1 is 1.57 bits per heavy atom. The summed E-state index contributed by atoms with van der Waals surface area (Å²) in [5.74, 6) is 0. The van der Waals surface area contributed by atoms with Crippen LogP contribution in [0.3, 0.4) is 0 Å². The number of carbonyl (C=O) groups is 1. The first-order chi connectivity index (χ1) is 3.27. The predicted molar refractivity (Wildman–Crippen MR) is 28.0 cm³/mol. The van der Waals surface area contributed by atoms with Crippen molar-refractivity contribution in [1.29, 1.82) is 0 Å². The molecular weight excluding hydrogens is 88.1 g/mol. The van der Waals surface area contributed by atoms with Gasteiger partial charge in [0.2, 0.25) is 0 Å². The van der Waals surface area contributed by atoms with E-state index in [1.807, 2.05) is 6.92 Å². The Bertz CT molecular complexity index is 82.2. The van der Waals surface area contributed by atoms with Crippen molar-refractivity contribution in [2.45, 2.75) is 26.2 Å². The highest BCUT2D eigenvalue weighted by molar-refractivity contribution is 5.59. The van der Waals surface area contributed by atoms with Gasteiger partial charge in [0.15, 0.2) is 0 Å². The largest absolute Gasteiger partial charge is 0.303 e. The molecule has 1 aliphatic carbocycles. The van der Waals surface area contributed by atoms with Crippen molar-refractivity contribution < 1.29 is 4.79 Å². The normalized spacial score (nSPS) is 25.9. The molecule has 1 rings (SSSR count). The molecule has 0 aromatic carbocycles. The minimum absolute atomic E-state index is 0.0833. The van der Waals surface area contributed by atoms with Gasteiger partial charge in [0.05, 0.1) is 0 Å². The summed E-state index contributed by atoms with van der Waals surface area (Å²) in [5.41, 5.74) is 0.0833. The summed E-state index contributed by atoms with van der Waals surface area (Å²) in [6.45, 7) is 2.02. The molecule has 0 N–H and O–H groups in total. The minimum atomic E-state index is 0.0833. The molecule has 0 spiro atoms. The topological polar surface area (TPSA) is 17.1 Å². The van der Waals surface area contributed by atoms with Gasteiger partial charge >= 0.3 is 0 Å². The van der Waals surface area contributed by atoms with Gasteiger partial charge in [-0.3, -0.25) is 0 Å². The van der Waals surface area contributed by atoms with Gasteiger partial charge in [-0.1, -0.05) is 13.3 Å². The summed E-state index contributed by atoms with van der Waals surface area (Å²) < 4.78 is 0. The first-order valence-electron chi connectivity index (χ1n) is 2.73. The van der Waals surface area contributed by atoms with Crippen molar-refractivity contribution in [3.8, 4) is 0 Å². The van der Waals surface area contributed by atoms with E-state index in [1.165, 1.54) is 6.42 Å². The Kier molecular flexibility index (Phi) is 0.911. The third-order valence-electron chi connectivity index (χ3n) is 1.78. The third kappa shape index (κ3) is 0.671. The highest BCUT2D eigenvalue weighted by Gasteiger charge is 2.30. The first kappa shape index (κ1) is 4.82. The van der Waals surface area contributed by atoms with E-state index in [4.69, 9.17) is 0 Å². The standard InChI is InChI=1S/C6H10O/c1-6(5-7)3-2-4-6/h5H,2-4H2,1H3. The second-order valence-corrected chi connectivity index (χ2v) is 2.63. The van der Waals surface area contributed by atoms with Crippen molar-refractivity contribution in [2.24, 2.45) is 5.41 Å². The van der Waals surface area contributed by atoms with Crippen molar-refractivity contribution >= 4 is 6.29 Å². The zero-order valence-electron chi connectivity index (χ0n) is 4.61. The van der Waals surface area contributed by atoms with Crippen molar-refractivity contribution in [2.75, 3.05) is 0 Å². The van der Waals surface area contributed by atoms with Crippen LogP contribution in [0.25, 0.3) is 0 Å². The zero-order chi connectivity index (χ0) is 5.33. The number of hydrogen-bond donors (Lipinski definition) is 0. The van der Waals surface area contributed by atoms with E-state index >= 15 is 0 Å². The Morgan fingerprint density at radius 3 is 2.14 bits per heavy atom. The van der Waals surface area contributed by atoms with Gasteiger partial charge in [-0.15, -0.1) is 0 Å². The smallest absolute Gasteiger partial charge is 0.125 e. The fourth-order valence-corrected chi connectivity index (χ4v) is 0.852. The number of hydrogen-bond acceptors (Lipinski definition) is 1. The van der Waals surface area contributed by atoms with Gasteiger partial charge in [-0.05, 0) is 12.8 Å². The van der Waals surface area contributed by atoms with Gasteiger partial charge in [0.25, 0.3) is 0 Å². The van der Waals surface area contributed by atoms with E-state index in [2.05, 4.69) is 0 Å². The van der Waals surface area contributed by atoms with Crippen LogP contribution in [0.1, 0.15) is 26.2 Å². The molecular formula is C6H10O.